The predicted molar refractivity (Wildman–Crippen MR) is 158 cm³/mol. The average molecular weight is 630 g/mol. The van der Waals surface area contributed by atoms with Gasteiger partial charge in [-0.1, -0.05) is 42.5 Å². The fourth-order valence-corrected chi connectivity index (χ4v) is 4.41. The molecule has 0 atom stereocenters. The van der Waals surface area contributed by atoms with Gasteiger partial charge in [-0.25, -0.2) is 23.8 Å². The Morgan fingerprint density at radius 2 is 1.76 bits per heavy atom. The van der Waals surface area contributed by atoms with Crippen molar-refractivity contribution in [2.45, 2.75) is 38.9 Å². The van der Waals surface area contributed by atoms with Crippen molar-refractivity contribution in [2.24, 2.45) is 0 Å². The Balaban J connectivity index is 0.000000591. The molecule has 0 saturated heterocycles. The van der Waals surface area contributed by atoms with E-state index in [1.165, 1.54) is 12.1 Å². The number of anilines is 1. The number of carboxylic acid groups (broad SMARTS) is 1. The highest BCUT2D eigenvalue weighted by molar-refractivity contribution is 5.95. The normalized spacial score (nSPS) is 11.3. The quantitative estimate of drug-likeness (QED) is 0.119. The number of benzene rings is 2. The zero-order chi connectivity index (χ0) is 32.4. The van der Waals surface area contributed by atoms with Crippen molar-refractivity contribution in [2.75, 3.05) is 25.4 Å². The van der Waals surface area contributed by atoms with Crippen molar-refractivity contribution in [3.05, 3.63) is 72.2 Å². The number of hydrogen-bond acceptors (Lipinski definition) is 9. The summed E-state index contributed by atoms with van der Waals surface area (Å²) in [6, 6.07) is 16.5. The van der Waals surface area contributed by atoms with E-state index in [1.807, 2.05) is 54.0 Å². The number of rotatable bonds is 12. The van der Waals surface area contributed by atoms with Crippen LogP contribution >= 0.6 is 0 Å². The molecule has 0 aliphatic heterocycles. The number of alkyl halides is 3. The van der Waals surface area contributed by atoms with Crippen molar-refractivity contribution < 1.29 is 36.8 Å². The van der Waals surface area contributed by atoms with E-state index in [1.54, 1.807) is 6.20 Å². The van der Waals surface area contributed by atoms with Gasteiger partial charge < -0.3 is 25.5 Å². The van der Waals surface area contributed by atoms with E-state index in [0.717, 1.165) is 54.7 Å². The molecule has 0 aliphatic rings. The Morgan fingerprint density at radius 1 is 1.04 bits per heavy atom. The lowest BCUT2D eigenvalue weighted by Gasteiger charge is -2.12. The molecule has 0 bridgehead atoms. The van der Waals surface area contributed by atoms with Crippen LogP contribution in [0.25, 0.3) is 33.8 Å². The van der Waals surface area contributed by atoms with Crippen LogP contribution < -0.4 is 15.8 Å². The van der Waals surface area contributed by atoms with E-state index in [0.29, 0.717) is 35.9 Å². The Labute approximate surface area is 255 Å². The van der Waals surface area contributed by atoms with Gasteiger partial charge in [-0.05, 0) is 67.3 Å². The second-order valence-corrected chi connectivity index (χ2v) is 9.70. The van der Waals surface area contributed by atoms with Crippen molar-refractivity contribution in [3.63, 3.8) is 0 Å². The fourth-order valence-electron chi connectivity index (χ4n) is 4.41. The zero-order valence-electron chi connectivity index (χ0n) is 24.2. The minimum Gasteiger partial charge on any atom is -0.490 e. The first kappa shape index (κ1) is 32.9. The van der Waals surface area contributed by atoms with E-state index in [4.69, 9.17) is 35.0 Å². The SMILES string of the molecule is CCn1c(-c2nonc2N)nc2c(-c3ccccc3)ncc(OCCCCNCCc3ccc(F)cc3)c21.O=C(O)C(F)(F)F. The third kappa shape index (κ3) is 8.53. The van der Waals surface area contributed by atoms with Gasteiger partial charge in [0.15, 0.2) is 23.1 Å². The summed E-state index contributed by atoms with van der Waals surface area (Å²) in [6.07, 6.45) is -0.628. The highest BCUT2D eigenvalue weighted by atomic mass is 19.4. The van der Waals surface area contributed by atoms with Gasteiger partial charge in [0.25, 0.3) is 0 Å². The zero-order valence-corrected chi connectivity index (χ0v) is 24.2. The summed E-state index contributed by atoms with van der Waals surface area (Å²) in [6.45, 7) is 4.90. The minimum absolute atomic E-state index is 0.179. The molecule has 4 N–H and O–H groups in total. The van der Waals surface area contributed by atoms with E-state index in [9.17, 15) is 17.6 Å². The molecule has 0 aliphatic carbocycles. The molecule has 0 saturated carbocycles. The van der Waals surface area contributed by atoms with Gasteiger partial charge in [0.2, 0.25) is 0 Å². The molecule has 45 heavy (non-hydrogen) atoms. The van der Waals surface area contributed by atoms with Crippen LogP contribution in [0.5, 0.6) is 5.75 Å². The van der Waals surface area contributed by atoms with Gasteiger partial charge >= 0.3 is 12.1 Å². The minimum atomic E-state index is -5.08. The summed E-state index contributed by atoms with van der Waals surface area (Å²) in [5, 5.41) is 18.3. The molecule has 5 rings (SSSR count). The first-order valence-electron chi connectivity index (χ1n) is 14.0. The molecule has 2 aromatic carbocycles. The maximum absolute atomic E-state index is 13.0. The molecule has 3 heterocycles. The van der Waals surface area contributed by atoms with Crippen molar-refractivity contribution in [1.29, 1.82) is 0 Å². The molecule has 0 spiro atoms. The number of imidazole rings is 1. The number of aryl methyl sites for hydroxylation is 1. The number of hydrogen-bond donors (Lipinski definition) is 3. The summed E-state index contributed by atoms with van der Waals surface area (Å²) in [5.74, 6) is -1.58. The lowest BCUT2D eigenvalue weighted by Crippen LogP contribution is -2.21. The Morgan fingerprint density at radius 3 is 2.38 bits per heavy atom. The Bertz CT molecular complexity index is 1690. The number of unbranched alkanes of at least 4 members (excludes halogenated alkanes) is 1. The number of aliphatic carboxylic acids is 1. The number of fused-ring (bicyclic) bond motifs is 1. The van der Waals surface area contributed by atoms with Crippen LogP contribution in [0.4, 0.5) is 23.4 Å². The molecule has 11 nitrogen and oxygen atoms in total. The van der Waals surface area contributed by atoms with E-state index >= 15 is 0 Å². The second-order valence-electron chi connectivity index (χ2n) is 9.70. The van der Waals surface area contributed by atoms with Gasteiger partial charge in [0.1, 0.15) is 16.9 Å². The van der Waals surface area contributed by atoms with Crippen molar-refractivity contribution in [3.8, 4) is 28.5 Å². The number of aromatic nitrogens is 5. The molecular formula is C30H31F4N7O4. The van der Waals surface area contributed by atoms with E-state index < -0.39 is 12.1 Å². The number of ether oxygens (including phenoxy) is 1. The first-order valence-corrected chi connectivity index (χ1v) is 14.0. The number of nitrogens with two attached hydrogens (primary N) is 1. The number of nitrogens with zero attached hydrogens (tertiary/aromatic N) is 5. The van der Waals surface area contributed by atoms with Crippen LogP contribution in [0, 0.1) is 5.82 Å². The van der Waals surface area contributed by atoms with Gasteiger partial charge in [0.05, 0.1) is 18.5 Å². The molecule has 0 radical (unpaired) electrons. The number of pyridine rings is 1. The predicted octanol–water partition coefficient (Wildman–Crippen LogP) is 5.51. The summed E-state index contributed by atoms with van der Waals surface area (Å²) in [7, 11) is 0. The number of halogens is 4. The summed E-state index contributed by atoms with van der Waals surface area (Å²) >= 11 is 0. The molecular weight excluding hydrogens is 598 g/mol. The van der Waals surface area contributed by atoms with E-state index in [2.05, 4.69) is 15.6 Å². The maximum atomic E-state index is 13.0. The maximum Gasteiger partial charge on any atom is 0.490 e. The van der Waals surface area contributed by atoms with Crippen LogP contribution in [0.2, 0.25) is 0 Å². The summed E-state index contributed by atoms with van der Waals surface area (Å²) < 4.78 is 57.8. The van der Waals surface area contributed by atoms with Crippen LogP contribution in [0.1, 0.15) is 25.3 Å². The topological polar surface area (TPSA) is 154 Å². The largest absolute Gasteiger partial charge is 0.490 e. The van der Waals surface area contributed by atoms with Gasteiger partial charge in [-0.3, -0.25) is 0 Å². The van der Waals surface area contributed by atoms with Crippen molar-refractivity contribution >= 4 is 22.8 Å². The molecule has 3 aromatic heterocycles. The smallest absolute Gasteiger partial charge is 0.490 e. The van der Waals surface area contributed by atoms with Gasteiger partial charge in [-0.2, -0.15) is 13.2 Å². The second kappa shape index (κ2) is 15.1. The highest BCUT2D eigenvalue weighted by Gasteiger charge is 2.38. The highest BCUT2D eigenvalue weighted by Crippen LogP contribution is 2.36. The lowest BCUT2D eigenvalue weighted by atomic mass is 10.1. The van der Waals surface area contributed by atoms with E-state index in [-0.39, 0.29) is 11.6 Å². The van der Waals surface area contributed by atoms with Crippen molar-refractivity contribution in [1.82, 2.24) is 30.2 Å². The van der Waals surface area contributed by atoms with Gasteiger partial charge in [-0.15, -0.1) is 0 Å². The Hall–Kier alpha value is -5.05. The molecule has 15 heteroatoms. The number of nitrogens with one attached hydrogen (secondary N) is 1. The fraction of sp³-hybridized carbons (Fsp3) is 0.300. The average Bonchev–Trinajstić information content (AvgIpc) is 3.62. The first-order chi connectivity index (χ1) is 21.6. The third-order valence-electron chi connectivity index (χ3n) is 6.58. The molecule has 5 aromatic rings. The lowest BCUT2D eigenvalue weighted by molar-refractivity contribution is -0.192. The molecule has 0 amide bonds. The van der Waals surface area contributed by atoms with Crippen LogP contribution in [-0.4, -0.2) is 61.8 Å². The number of nitrogen functional groups attached to an aromatic ring is 1. The Kier molecular flexibility index (Phi) is 11.0. The number of carboxylic acids is 1. The standard InChI is InChI=1S/C28H30FN7O2.C2HF3O2/c1-2-36-26-22(37-17-7-6-15-31-16-14-19-10-12-21(29)13-11-19)18-32-23(20-8-4-3-5-9-20)24(26)33-28(36)25-27(30)35-38-34-25;3-2(4,5)1(6)7/h3-5,8-13,18,31H,2,6-7,14-17H2,1H3,(H2,30,35);(H,6,7). The number of carbonyl (C=O) groups is 1. The molecule has 0 fully saturated rings. The summed E-state index contributed by atoms with van der Waals surface area (Å²) in [5.41, 5.74) is 10.7. The molecule has 238 valence electrons. The van der Waals surface area contributed by atoms with Crippen LogP contribution in [-0.2, 0) is 17.8 Å². The van der Waals surface area contributed by atoms with Crippen LogP contribution in [0.3, 0.4) is 0 Å². The summed E-state index contributed by atoms with van der Waals surface area (Å²) in [4.78, 5) is 18.5. The molecule has 0 unspecified atom stereocenters. The monoisotopic (exact) mass is 629 g/mol. The van der Waals surface area contributed by atoms with Gasteiger partial charge in [0, 0.05) is 12.1 Å². The third-order valence-corrected chi connectivity index (χ3v) is 6.58. The van der Waals surface area contributed by atoms with Crippen LogP contribution in [0.15, 0.2) is 65.4 Å².